The minimum absolute atomic E-state index is 0.283. The van der Waals surface area contributed by atoms with E-state index in [0.29, 0.717) is 0 Å². The van der Waals surface area contributed by atoms with E-state index in [1.165, 1.54) is 48.7 Å². The van der Waals surface area contributed by atoms with Crippen LogP contribution in [-0.4, -0.2) is 5.11 Å². The summed E-state index contributed by atoms with van der Waals surface area (Å²) in [5, 5.41) is 17.2. The number of fused-ring (bicyclic) bond motifs is 2. The Morgan fingerprint density at radius 1 is 0.548 bits per heavy atom. The van der Waals surface area contributed by atoms with Gasteiger partial charge in [-0.1, -0.05) is 84.9 Å². The Morgan fingerprint density at radius 2 is 1.06 bits per heavy atom. The van der Waals surface area contributed by atoms with Crippen LogP contribution in [0.4, 0.5) is 0 Å². The number of aromatic hydroxyl groups is 1. The molecule has 1 N–H and O–H groups in total. The first kappa shape index (κ1) is 19.1. The van der Waals surface area contributed by atoms with Gasteiger partial charge in [0.25, 0.3) is 0 Å². The number of hydrogen-bond acceptors (Lipinski definition) is 1. The van der Waals surface area contributed by atoms with Gasteiger partial charge in [-0.2, -0.15) is 0 Å². The third-order valence-electron chi connectivity index (χ3n) is 6.07. The lowest BCUT2D eigenvalue weighted by molar-refractivity contribution is 0.475. The summed E-state index contributed by atoms with van der Waals surface area (Å²) in [6.07, 6.45) is 4.42. The molecule has 5 aromatic carbocycles. The van der Waals surface area contributed by atoms with Crippen molar-refractivity contribution in [2.75, 3.05) is 0 Å². The van der Waals surface area contributed by atoms with Gasteiger partial charge in [0, 0.05) is 0 Å². The normalized spacial score (nSPS) is 12.7. The van der Waals surface area contributed by atoms with Crippen LogP contribution in [0.15, 0.2) is 91.0 Å². The first-order valence-electron chi connectivity index (χ1n) is 10.7. The zero-order valence-electron chi connectivity index (χ0n) is 17.8. The number of phenols is 1. The molecule has 0 fully saturated rings. The molecule has 5 rings (SSSR count). The van der Waals surface area contributed by atoms with E-state index in [2.05, 4.69) is 92.7 Å². The van der Waals surface area contributed by atoms with Crippen molar-refractivity contribution in [2.24, 2.45) is 0 Å². The van der Waals surface area contributed by atoms with Gasteiger partial charge in [-0.3, -0.25) is 0 Å². The van der Waals surface area contributed by atoms with Gasteiger partial charge in [-0.15, -0.1) is 0 Å². The highest BCUT2D eigenvalue weighted by Crippen LogP contribution is 2.33. The van der Waals surface area contributed by atoms with Crippen LogP contribution in [0.5, 0.6) is 5.75 Å². The second kappa shape index (κ2) is 7.77. The van der Waals surface area contributed by atoms with Gasteiger partial charge in [0.2, 0.25) is 0 Å². The van der Waals surface area contributed by atoms with Crippen LogP contribution in [0.3, 0.4) is 0 Å². The predicted molar refractivity (Wildman–Crippen MR) is 134 cm³/mol. The van der Waals surface area contributed by atoms with Crippen molar-refractivity contribution in [1.29, 1.82) is 0 Å². The van der Waals surface area contributed by atoms with E-state index >= 15 is 0 Å². The molecule has 0 saturated carbocycles. The third-order valence-corrected chi connectivity index (χ3v) is 6.07. The highest BCUT2D eigenvalue weighted by atomic mass is 16.3. The standard InChI is InChI=1S/C30H24O/c1-3-25-26(4-2)30(23-14-13-20-9-5-6-10-22(20)19-23)28-12-8-7-11-27(28)29(25)21-15-17-24(31)18-16-21/h3-19,31H,1-2H3/b25-3+,26-4+. The van der Waals surface area contributed by atoms with Crippen LogP contribution in [0, 0.1) is 0 Å². The van der Waals surface area contributed by atoms with Gasteiger partial charge >= 0.3 is 0 Å². The van der Waals surface area contributed by atoms with Crippen molar-refractivity contribution < 1.29 is 5.11 Å². The summed E-state index contributed by atoms with van der Waals surface area (Å²) in [5.74, 6) is 0.283. The Balaban J connectivity index is 1.95. The first-order chi connectivity index (χ1) is 15.2. The minimum atomic E-state index is 0.283. The summed E-state index contributed by atoms with van der Waals surface area (Å²) in [5.41, 5.74) is 4.80. The van der Waals surface area contributed by atoms with Crippen molar-refractivity contribution >= 4 is 33.7 Å². The van der Waals surface area contributed by atoms with Crippen molar-refractivity contribution in [3.8, 4) is 28.0 Å². The van der Waals surface area contributed by atoms with E-state index in [1.54, 1.807) is 12.1 Å². The van der Waals surface area contributed by atoms with Crippen LogP contribution < -0.4 is 10.4 Å². The molecule has 31 heavy (non-hydrogen) atoms. The molecule has 0 aliphatic heterocycles. The van der Waals surface area contributed by atoms with E-state index in [9.17, 15) is 5.11 Å². The lowest BCUT2D eigenvalue weighted by atomic mass is 9.87. The first-order valence-corrected chi connectivity index (χ1v) is 10.7. The van der Waals surface area contributed by atoms with Crippen LogP contribution in [0.25, 0.3) is 56.0 Å². The maximum atomic E-state index is 9.81. The van der Waals surface area contributed by atoms with E-state index in [-0.39, 0.29) is 5.75 Å². The summed E-state index contributed by atoms with van der Waals surface area (Å²) in [6.45, 7) is 4.22. The maximum Gasteiger partial charge on any atom is 0.115 e. The van der Waals surface area contributed by atoms with Gasteiger partial charge in [-0.05, 0) is 86.3 Å². The number of benzene rings is 5. The Bertz CT molecular complexity index is 1540. The topological polar surface area (TPSA) is 20.2 Å². The predicted octanol–water partition coefficient (Wildman–Crippen LogP) is 6.63. The quantitative estimate of drug-likeness (QED) is 0.352. The van der Waals surface area contributed by atoms with Gasteiger partial charge in [0.1, 0.15) is 5.75 Å². The van der Waals surface area contributed by atoms with Crippen molar-refractivity contribution in [3.05, 3.63) is 101 Å². The second-order valence-electron chi connectivity index (χ2n) is 7.81. The van der Waals surface area contributed by atoms with E-state index in [1.807, 2.05) is 12.1 Å². The van der Waals surface area contributed by atoms with Gasteiger partial charge in [0.05, 0.1) is 0 Å². The molecule has 0 radical (unpaired) electrons. The molecular weight excluding hydrogens is 376 g/mol. The molecular formula is C30H24O. The zero-order chi connectivity index (χ0) is 21.4. The monoisotopic (exact) mass is 400 g/mol. The second-order valence-corrected chi connectivity index (χ2v) is 7.81. The van der Waals surface area contributed by atoms with Crippen LogP contribution >= 0.6 is 0 Å². The molecule has 0 bridgehead atoms. The maximum absolute atomic E-state index is 9.81. The van der Waals surface area contributed by atoms with Crippen LogP contribution in [0.2, 0.25) is 0 Å². The molecule has 150 valence electrons. The van der Waals surface area contributed by atoms with Gasteiger partial charge < -0.3 is 5.11 Å². The molecule has 5 aromatic rings. The van der Waals surface area contributed by atoms with Gasteiger partial charge in [-0.25, -0.2) is 0 Å². The van der Waals surface area contributed by atoms with Crippen molar-refractivity contribution in [3.63, 3.8) is 0 Å². The molecule has 0 unspecified atom stereocenters. The average molecular weight is 401 g/mol. The Kier molecular flexibility index (Phi) is 4.80. The molecule has 0 aliphatic carbocycles. The summed E-state index contributed by atoms with van der Waals surface area (Å²) in [7, 11) is 0. The molecule has 0 saturated heterocycles. The highest BCUT2D eigenvalue weighted by molar-refractivity contribution is 6.06. The smallest absolute Gasteiger partial charge is 0.115 e. The van der Waals surface area contributed by atoms with E-state index in [4.69, 9.17) is 0 Å². The summed E-state index contributed by atoms with van der Waals surface area (Å²) in [4.78, 5) is 0. The molecule has 1 nitrogen and oxygen atoms in total. The molecule has 0 aliphatic rings. The van der Waals surface area contributed by atoms with Crippen LogP contribution in [-0.2, 0) is 0 Å². The largest absolute Gasteiger partial charge is 0.508 e. The van der Waals surface area contributed by atoms with Gasteiger partial charge in [0.15, 0.2) is 0 Å². The molecule has 0 amide bonds. The Morgan fingerprint density at radius 3 is 1.68 bits per heavy atom. The molecule has 1 heteroatoms. The SMILES string of the molecule is C/C=c1/c(-c2ccc(O)cc2)c2ccccc2c(-c2ccc3ccccc3c2)/c1=C/C. The fourth-order valence-electron chi connectivity index (χ4n) is 4.67. The third kappa shape index (κ3) is 3.19. The lowest BCUT2D eigenvalue weighted by Crippen LogP contribution is -2.29. The van der Waals surface area contributed by atoms with E-state index in [0.717, 1.165) is 5.56 Å². The summed E-state index contributed by atoms with van der Waals surface area (Å²) in [6, 6.07) is 31.4. The molecule has 0 aromatic heterocycles. The Labute approximate surface area is 182 Å². The average Bonchev–Trinajstić information content (AvgIpc) is 2.82. The number of phenolic OH excluding ortho intramolecular Hbond substituents is 1. The Hall–Kier alpha value is -3.84. The van der Waals surface area contributed by atoms with Crippen LogP contribution in [0.1, 0.15) is 13.8 Å². The molecule has 0 spiro atoms. The fourth-order valence-corrected chi connectivity index (χ4v) is 4.67. The number of rotatable bonds is 2. The van der Waals surface area contributed by atoms with E-state index < -0.39 is 0 Å². The minimum Gasteiger partial charge on any atom is -0.508 e. The summed E-state index contributed by atoms with van der Waals surface area (Å²) < 4.78 is 0. The van der Waals surface area contributed by atoms with Crippen molar-refractivity contribution in [1.82, 2.24) is 0 Å². The fraction of sp³-hybridized carbons (Fsp3) is 0.0667. The molecule has 0 atom stereocenters. The zero-order valence-corrected chi connectivity index (χ0v) is 17.8. The van der Waals surface area contributed by atoms with Crippen molar-refractivity contribution in [2.45, 2.75) is 13.8 Å². The lowest BCUT2D eigenvalue weighted by Gasteiger charge is -2.16. The number of hydrogen-bond donors (Lipinski definition) is 1. The molecule has 0 heterocycles. The highest BCUT2D eigenvalue weighted by Gasteiger charge is 2.14. The summed E-state index contributed by atoms with van der Waals surface area (Å²) >= 11 is 0.